The molecule has 0 radical (unpaired) electrons. The van der Waals surface area contributed by atoms with E-state index in [9.17, 15) is 19.5 Å². The van der Waals surface area contributed by atoms with Crippen LogP contribution in [0.15, 0.2) is 71.9 Å². The first kappa shape index (κ1) is 29.1. The summed E-state index contributed by atoms with van der Waals surface area (Å²) in [6, 6.07) is 13.8. The van der Waals surface area contributed by atoms with Gasteiger partial charge in [0.2, 0.25) is 0 Å². The van der Waals surface area contributed by atoms with Gasteiger partial charge in [-0.15, -0.1) is 0 Å². The number of amidine groups is 1. The van der Waals surface area contributed by atoms with E-state index in [1.54, 1.807) is 13.0 Å². The molecule has 4 rings (SSSR count). The summed E-state index contributed by atoms with van der Waals surface area (Å²) < 4.78 is 25.4. The van der Waals surface area contributed by atoms with Crippen LogP contribution in [0.25, 0.3) is 11.3 Å². The van der Waals surface area contributed by atoms with Crippen molar-refractivity contribution in [3.05, 3.63) is 89.0 Å². The third kappa shape index (κ3) is 6.45. The Morgan fingerprint density at radius 2 is 1.85 bits per heavy atom. The smallest absolute Gasteiger partial charge is 0.325 e. The molecule has 0 fully saturated rings. The number of rotatable bonds is 9. The second-order valence-corrected chi connectivity index (χ2v) is 9.18. The predicted molar refractivity (Wildman–Crippen MR) is 151 cm³/mol. The van der Waals surface area contributed by atoms with Crippen LogP contribution in [0.5, 0.6) is 17.2 Å². The first-order valence-electron chi connectivity index (χ1n) is 12.2. The van der Waals surface area contributed by atoms with Crippen LogP contribution in [-0.2, 0) is 0 Å². The van der Waals surface area contributed by atoms with Crippen LogP contribution in [0.4, 0.5) is 15.9 Å². The van der Waals surface area contributed by atoms with Crippen molar-refractivity contribution >= 4 is 34.8 Å². The number of methoxy groups -OCH3 is 1. The topological polar surface area (TPSA) is 169 Å². The number of anilines is 2. The molecule has 1 amide bonds. The second-order valence-electron chi connectivity index (χ2n) is 8.77. The van der Waals surface area contributed by atoms with Gasteiger partial charge in [-0.25, -0.2) is 9.37 Å². The van der Waals surface area contributed by atoms with E-state index in [4.69, 9.17) is 32.5 Å². The van der Waals surface area contributed by atoms with Gasteiger partial charge in [0.1, 0.15) is 34.5 Å². The number of carbonyl (C=O) groups is 1. The van der Waals surface area contributed by atoms with Crippen molar-refractivity contribution in [2.75, 3.05) is 24.8 Å². The molecular formula is C28H27ClFN6O5+. The second kappa shape index (κ2) is 12.5. The SMILES string of the molecule is COc1ccc(C(=O)Nc2ccc(Oc3ccnc(N)c3C(N)=N[C@H](C)CO)c(Cl)c2)[n+](O)c1-c1ccc(F)cc1. The first-order chi connectivity index (χ1) is 19.6. The van der Waals surface area contributed by atoms with Gasteiger partial charge >= 0.3 is 17.3 Å². The highest BCUT2D eigenvalue weighted by Gasteiger charge is 2.29. The molecule has 0 aliphatic heterocycles. The Balaban J connectivity index is 1.59. The number of ether oxygens (including phenoxy) is 2. The number of halogens is 2. The normalized spacial score (nSPS) is 12.1. The van der Waals surface area contributed by atoms with Crippen molar-refractivity contribution in [3.8, 4) is 28.5 Å². The van der Waals surface area contributed by atoms with Crippen LogP contribution in [0.3, 0.4) is 0 Å². The fourth-order valence-electron chi connectivity index (χ4n) is 3.86. The highest BCUT2D eigenvalue weighted by atomic mass is 35.5. The molecule has 0 saturated carbocycles. The number of benzene rings is 2. The van der Waals surface area contributed by atoms with Gasteiger partial charge in [0.05, 0.1) is 30.3 Å². The monoisotopic (exact) mass is 581 g/mol. The van der Waals surface area contributed by atoms with Crippen LogP contribution < -0.4 is 31.0 Å². The molecule has 0 bridgehead atoms. The molecule has 4 aromatic rings. The number of hydrogen-bond donors (Lipinski definition) is 5. The standard InChI is InChI=1S/C28H26ClFN6O5/c1-15(14-37)34-27(32)24-22(11-12-33-26(24)31)41-21-9-7-18(13-19(21)29)35-28(38)20-8-10-23(40-2)25(36(20)39)16-3-5-17(30)6-4-16/h3-13,15,37H,14H2,1-2H3,(H5-,31,32,33,34,35,38,39)/p+1/t15-/m1/s1. The lowest BCUT2D eigenvalue weighted by Gasteiger charge is -2.15. The van der Waals surface area contributed by atoms with E-state index in [1.165, 1.54) is 67.9 Å². The number of aliphatic imine (C=N–C) groups is 1. The zero-order valence-electron chi connectivity index (χ0n) is 22.0. The van der Waals surface area contributed by atoms with Gasteiger partial charge in [0.25, 0.3) is 0 Å². The molecule has 212 valence electrons. The van der Waals surface area contributed by atoms with Gasteiger partial charge in [-0.1, -0.05) is 11.6 Å². The van der Waals surface area contributed by atoms with Gasteiger partial charge in [-0.3, -0.25) is 15.0 Å². The average Bonchev–Trinajstić information content (AvgIpc) is 2.94. The van der Waals surface area contributed by atoms with Gasteiger partial charge < -0.3 is 31.4 Å². The van der Waals surface area contributed by atoms with Crippen molar-refractivity contribution in [3.63, 3.8) is 0 Å². The number of hydrogen-bond acceptors (Lipinski definition) is 8. The molecule has 2 aromatic heterocycles. The number of aromatic nitrogens is 2. The Labute approximate surface area is 239 Å². The quantitative estimate of drug-likeness (QED) is 0.0860. The molecule has 0 unspecified atom stereocenters. The van der Waals surface area contributed by atoms with E-state index in [2.05, 4.69) is 15.3 Å². The highest BCUT2D eigenvalue weighted by Crippen LogP contribution is 2.34. The Hall–Kier alpha value is -4.94. The summed E-state index contributed by atoms with van der Waals surface area (Å²) in [7, 11) is 1.41. The van der Waals surface area contributed by atoms with E-state index >= 15 is 0 Å². The molecular weight excluding hydrogens is 555 g/mol. The highest BCUT2D eigenvalue weighted by molar-refractivity contribution is 6.32. The van der Waals surface area contributed by atoms with Crippen molar-refractivity contribution in [1.29, 1.82) is 0 Å². The average molecular weight is 582 g/mol. The molecule has 1 atom stereocenters. The van der Waals surface area contributed by atoms with Crippen molar-refractivity contribution in [2.45, 2.75) is 13.0 Å². The minimum atomic E-state index is -0.658. The largest absolute Gasteiger partial charge is 0.490 e. The number of pyridine rings is 2. The predicted octanol–water partition coefficient (Wildman–Crippen LogP) is 3.79. The van der Waals surface area contributed by atoms with Crippen molar-refractivity contribution in [1.82, 2.24) is 4.98 Å². The number of aliphatic hydroxyl groups is 1. The van der Waals surface area contributed by atoms with Gasteiger partial charge in [0, 0.05) is 28.7 Å². The third-order valence-electron chi connectivity index (χ3n) is 5.87. The third-order valence-corrected chi connectivity index (χ3v) is 6.16. The van der Waals surface area contributed by atoms with Crippen LogP contribution in [0.1, 0.15) is 23.0 Å². The summed E-state index contributed by atoms with van der Waals surface area (Å²) in [4.78, 5) is 21.3. The number of aliphatic hydroxyl groups excluding tert-OH is 1. The molecule has 0 aliphatic carbocycles. The van der Waals surface area contributed by atoms with E-state index in [-0.39, 0.29) is 57.5 Å². The zero-order chi connectivity index (χ0) is 29.7. The van der Waals surface area contributed by atoms with Crippen molar-refractivity contribution in [2.24, 2.45) is 10.7 Å². The van der Waals surface area contributed by atoms with E-state index < -0.39 is 17.8 Å². The maximum atomic E-state index is 13.4. The zero-order valence-corrected chi connectivity index (χ0v) is 22.8. The maximum Gasteiger partial charge on any atom is 0.325 e. The molecule has 0 aliphatic rings. The van der Waals surface area contributed by atoms with Crippen molar-refractivity contribution < 1.29 is 33.7 Å². The Kier molecular flexibility index (Phi) is 8.85. The minimum Gasteiger partial charge on any atom is -0.490 e. The lowest BCUT2D eigenvalue weighted by atomic mass is 10.1. The number of nitrogens with one attached hydrogen (secondary N) is 1. The summed E-state index contributed by atoms with van der Waals surface area (Å²) in [6.07, 6.45) is 1.43. The van der Waals surface area contributed by atoms with Gasteiger partial charge in [-0.2, -0.15) is 0 Å². The van der Waals surface area contributed by atoms with Crippen LogP contribution >= 0.6 is 11.6 Å². The van der Waals surface area contributed by atoms with Crippen LogP contribution in [-0.4, -0.2) is 46.8 Å². The fourth-order valence-corrected chi connectivity index (χ4v) is 4.08. The Morgan fingerprint density at radius 1 is 1.15 bits per heavy atom. The number of nitrogens with two attached hydrogens (primary N) is 2. The van der Waals surface area contributed by atoms with E-state index in [0.29, 0.717) is 16.0 Å². The lowest BCUT2D eigenvalue weighted by molar-refractivity contribution is -0.897. The lowest BCUT2D eigenvalue weighted by Crippen LogP contribution is -2.42. The molecule has 0 saturated heterocycles. The van der Waals surface area contributed by atoms with Crippen LogP contribution in [0, 0.1) is 5.82 Å². The number of amides is 1. The Bertz CT molecular complexity index is 1620. The van der Waals surface area contributed by atoms with Crippen LogP contribution in [0.2, 0.25) is 5.02 Å². The van der Waals surface area contributed by atoms with Gasteiger partial charge in [0.15, 0.2) is 5.75 Å². The molecule has 11 nitrogen and oxygen atoms in total. The molecule has 2 aromatic carbocycles. The summed E-state index contributed by atoms with van der Waals surface area (Å²) >= 11 is 6.46. The van der Waals surface area contributed by atoms with E-state index in [0.717, 1.165) is 0 Å². The number of nitrogen functional groups attached to an aromatic ring is 1. The summed E-state index contributed by atoms with van der Waals surface area (Å²) in [6.45, 7) is 1.47. The molecule has 7 N–H and O–H groups in total. The molecule has 2 heterocycles. The molecule has 13 heteroatoms. The molecule has 41 heavy (non-hydrogen) atoms. The summed E-state index contributed by atoms with van der Waals surface area (Å²) in [5, 5.41) is 23.0. The number of carbonyl (C=O) groups excluding carboxylic acids is 1. The molecule has 0 spiro atoms. The van der Waals surface area contributed by atoms with E-state index in [1.807, 2.05) is 0 Å². The summed E-state index contributed by atoms with van der Waals surface area (Å²) in [5.41, 5.74) is 13.1. The fraction of sp³-hybridized carbons (Fsp3) is 0.143. The summed E-state index contributed by atoms with van der Waals surface area (Å²) in [5.74, 6) is -0.279. The minimum absolute atomic E-state index is 0.0314. The van der Waals surface area contributed by atoms with Gasteiger partial charge in [-0.05, 0) is 55.5 Å². The Morgan fingerprint density at radius 3 is 2.51 bits per heavy atom. The first-order valence-corrected chi connectivity index (χ1v) is 12.6. The number of nitrogens with zero attached hydrogens (tertiary/aromatic N) is 3. The maximum absolute atomic E-state index is 13.4.